The maximum atomic E-state index is 11.0. The first kappa shape index (κ1) is 18.7. The summed E-state index contributed by atoms with van der Waals surface area (Å²) in [4.78, 5) is 0. The molecule has 0 spiro atoms. The van der Waals surface area contributed by atoms with Crippen molar-refractivity contribution in [1.29, 1.82) is 0 Å². The van der Waals surface area contributed by atoms with E-state index in [9.17, 15) is 5.11 Å². The average molecular weight is 410 g/mol. The fourth-order valence-corrected chi connectivity index (χ4v) is 3.34. The summed E-state index contributed by atoms with van der Waals surface area (Å²) in [5.74, 6) is 0. The zero-order valence-corrected chi connectivity index (χ0v) is 16.3. The smallest absolute Gasteiger partial charge is 0.125 e. The molecule has 0 amide bonds. The summed E-state index contributed by atoms with van der Waals surface area (Å²) in [6.45, 7) is 0.541. The van der Waals surface area contributed by atoms with Crippen LogP contribution in [-0.4, -0.2) is 20.1 Å². The van der Waals surface area contributed by atoms with E-state index in [-0.39, 0.29) is 0 Å². The van der Waals surface area contributed by atoms with E-state index < -0.39 is 6.10 Å². The Hall–Kier alpha value is -2.66. The maximum absolute atomic E-state index is 11.0. The number of aromatic nitrogens is 3. The molecule has 1 unspecified atom stereocenters. The van der Waals surface area contributed by atoms with Crippen LogP contribution in [0.15, 0.2) is 78.9 Å². The topological polar surface area (TPSA) is 50.9 Å². The number of rotatable bonds is 5. The van der Waals surface area contributed by atoms with Crippen LogP contribution in [0.4, 0.5) is 0 Å². The minimum Gasteiger partial charge on any atom is -0.382 e. The molecule has 28 heavy (non-hydrogen) atoms. The first-order valence-electron chi connectivity index (χ1n) is 8.78. The lowest BCUT2D eigenvalue weighted by Gasteiger charge is -2.13. The Balaban J connectivity index is 1.79. The molecule has 6 heteroatoms. The summed E-state index contributed by atoms with van der Waals surface area (Å²) in [5, 5.41) is 20.9. The lowest BCUT2D eigenvalue weighted by molar-refractivity contribution is 0.216. The standard InChI is InChI=1S/C22H17Cl2N3O/c23-18-10-6-16(7-11-18)21-20(22(28)17-8-12-19(24)13-9-17)25-26-27(21)14-15-4-2-1-3-5-15/h1-13,22,28H,14H2. The van der Waals surface area contributed by atoms with Gasteiger partial charge >= 0.3 is 0 Å². The summed E-state index contributed by atoms with van der Waals surface area (Å²) in [6.07, 6.45) is -0.924. The van der Waals surface area contributed by atoms with Crippen LogP contribution >= 0.6 is 23.2 Å². The third-order valence-electron chi connectivity index (χ3n) is 4.50. The van der Waals surface area contributed by atoms with Crippen LogP contribution in [0.2, 0.25) is 10.0 Å². The van der Waals surface area contributed by atoms with Gasteiger partial charge < -0.3 is 5.11 Å². The van der Waals surface area contributed by atoms with Gasteiger partial charge in [-0.15, -0.1) is 5.10 Å². The average Bonchev–Trinajstić information content (AvgIpc) is 3.13. The number of aliphatic hydroxyl groups is 1. The summed E-state index contributed by atoms with van der Waals surface area (Å²) in [6, 6.07) is 24.5. The molecule has 0 aliphatic rings. The van der Waals surface area contributed by atoms with Crippen molar-refractivity contribution < 1.29 is 5.11 Å². The number of hydrogen-bond acceptors (Lipinski definition) is 3. The molecule has 3 aromatic carbocycles. The van der Waals surface area contributed by atoms with Gasteiger partial charge in [0.05, 0.1) is 12.2 Å². The molecule has 1 N–H and O–H groups in total. The third kappa shape index (κ3) is 3.94. The summed E-state index contributed by atoms with van der Waals surface area (Å²) in [7, 11) is 0. The minimum absolute atomic E-state index is 0.487. The molecule has 1 aromatic heterocycles. The van der Waals surface area contributed by atoms with Gasteiger partial charge in [0.1, 0.15) is 11.8 Å². The van der Waals surface area contributed by atoms with Crippen molar-refractivity contribution in [2.75, 3.05) is 0 Å². The van der Waals surface area contributed by atoms with Gasteiger partial charge in [0.25, 0.3) is 0 Å². The Bertz CT molecular complexity index is 1060. The van der Waals surface area contributed by atoms with Crippen molar-refractivity contribution in [3.63, 3.8) is 0 Å². The Labute approximate surface area is 173 Å². The van der Waals surface area contributed by atoms with Gasteiger partial charge in [-0.05, 0) is 35.4 Å². The van der Waals surface area contributed by atoms with E-state index in [0.717, 1.165) is 16.8 Å². The van der Waals surface area contributed by atoms with Gasteiger partial charge in [0.2, 0.25) is 0 Å². The number of hydrogen-bond donors (Lipinski definition) is 1. The van der Waals surface area contributed by atoms with Crippen LogP contribution in [-0.2, 0) is 6.54 Å². The highest BCUT2D eigenvalue weighted by molar-refractivity contribution is 6.30. The monoisotopic (exact) mass is 409 g/mol. The van der Waals surface area contributed by atoms with Crippen LogP contribution in [0.5, 0.6) is 0 Å². The van der Waals surface area contributed by atoms with Crippen molar-refractivity contribution in [3.05, 3.63) is 106 Å². The molecule has 4 aromatic rings. The third-order valence-corrected chi connectivity index (χ3v) is 5.00. The van der Waals surface area contributed by atoms with Gasteiger partial charge in [0, 0.05) is 15.6 Å². The number of halogens is 2. The summed E-state index contributed by atoms with van der Waals surface area (Å²) < 4.78 is 1.80. The molecule has 140 valence electrons. The van der Waals surface area contributed by atoms with Gasteiger partial charge in [-0.25, -0.2) is 4.68 Å². The number of aliphatic hydroxyl groups excluding tert-OH is 1. The van der Waals surface area contributed by atoms with E-state index in [4.69, 9.17) is 23.2 Å². The highest BCUT2D eigenvalue weighted by Gasteiger charge is 2.23. The summed E-state index contributed by atoms with van der Waals surface area (Å²) in [5.41, 5.74) is 3.92. The van der Waals surface area contributed by atoms with Crippen molar-refractivity contribution in [2.24, 2.45) is 0 Å². The van der Waals surface area contributed by atoms with Gasteiger partial charge in [-0.2, -0.15) is 0 Å². The molecule has 0 bridgehead atoms. The second kappa shape index (κ2) is 8.15. The molecule has 0 saturated carbocycles. The van der Waals surface area contributed by atoms with Crippen LogP contribution < -0.4 is 0 Å². The lowest BCUT2D eigenvalue weighted by Crippen LogP contribution is -2.06. The molecule has 0 aliphatic carbocycles. The highest BCUT2D eigenvalue weighted by Crippen LogP contribution is 2.32. The Morgan fingerprint density at radius 3 is 2.07 bits per heavy atom. The van der Waals surface area contributed by atoms with E-state index in [1.165, 1.54) is 0 Å². The quantitative estimate of drug-likeness (QED) is 0.481. The van der Waals surface area contributed by atoms with E-state index in [2.05, 4.69) is 10.3 Å². The van der Waals surface area contributed by atoms with Gasteiger partial charge in [-0.1, -0.05) is 83.0 Å². The Morgan fingerprint density at radius 1 is 0.821 bits per heavy atom. The van der Waals surface area contributed by atoms with Crippen molar-refractivity contribution in [2.45, 2.75) is 12.6 Å². The lowest BCUT2D eigenvalue weighted by atomic mass is 10.0. The molecular weight excluding hydrogens is 393 g/mol. The van der Waals surface area contributed by atoms with Gasteiger partial charge in [0.15, 0.2) is 0 Å². The molecular formula is C22H17Cl2N3O. The molecule has 4 nitrogen and oxygen atoms in total. The molecule has 0 radical (unpaired) electrons. The van der Waals surface area contributed by atoms with Gasteiger partial charge in [-0.3, -0.25) is 0 Å². The fourth-order valence-electron chi connectivity index (χ4n) is 3.09. The van der Waals surface area contributed by atoms with Crippen LogP contribution in [0, 0.1) is 0 Å². The predicted molar refractivity (Wildman–Crippen MR) is 112 cm³/mol. The van der Waals surface area contributed by atoms with Crippen molar-refractivity contribution in [1.82, 2.24) is 15.0 Å². The first-order valence-corrected chi connectivity index (χ1v) is 9.54. The van der Waals surface area contributed by atoms with E-state index >= 15 is 0 Å². The van der Waals surface area contributed by atoms with Crippen molar-refractivity contribution >= 4 is 23.2 Å². The van der Waals surface area contributed by atoms with E-state index in [1.807, 2.05) is 54.6 Å². The predicted octanol–water partition coefficient (Wildman–Crippen LogP) is 5.38. The first-order chi connectivity index (χ1) is 13.6. The minimum atomic E-state index is -0.924. The van der Waals surface area contributed by atoms with E-state index in [0.29, 0.717) is 27.8 Å². The number of nitrogens with zero attached hydrogens (tertiary/aromatic N) is 3. The Kier molecular flexibility index (Phi) is 5.44. The second-order valence-electron chi connectivity index (χ2n) is 6.43. The van der Waals surface area contributed by atoms with E-state index in [1.54, 1.807) is 28.9 Å². The molecule has 4 rings (SSSR count). The summed E-state index contributed by atoms with van der Waals surface area (Å²) >= 11 is 12.0. The normalized spacial score (nSPS) is 12.1. The largest absolute Gasteiger partial charge is 0.382 e. The van der Waals surface area contributed by atoms with Crippen LogP contribution in [0.1, 0.15) is 22.9 Å². The molecule has 1 atom stereocenters. The molecule has 0 saturated heterocycles. The highest BCUT2D eigenvalue weighted by atomic mass is 35.5. The van der Waals surface area contributed by atoms with Crippen LogP contribution in [0.25, 0.3) is 11.3 Å². The second-order valence-corrected chi connectivity index (χ2v) is 7.30. The SMILES string of the molecule is OC(c1ccc(Cl)cc1)c1nnn(Cc2ccccc2)c1-c1ccc(Cl)cc1. The molecule has 0 fully saturated rings. The maximum Gasteiger partial charge on any atom is 0.125 e. The van der Waals surface area contributed by atoms with Crippen LogP contribution in [0.3, 0.4) is 0 Å². The fraction of sp³-hybridized carbons (Fsp3) is 0.0909. The zero-order chi connectivity index (χ0) is 19.5. The zero-order valence-electron chi connectivity index (χ0n) is 14.8. The Morgan fingerprint density at radius 2 is 1.43 bits per heavy atom. The van der Waals surface area contributed by atoms with Crippen molar-refractivity contribution in [3.8, 4) is 11.3 Å². The molecule has 1 heterocycles. The molecule has 0 aliphatic heterocycles. The number of benzene rings is 3.